The molecular weight excluding hydrogens is 214 g/mol. The molecule has 1 fully saturated rings. The topological polar surface area (TPSA) is 60.9 Å². The monoisotopic (exact) mass is 235 g/mol. The van der Waals surface area contributed by atoms with Crippen molar-refractivity contribution in [2.75, 3.05) is 6.54 Å². The summed E-state index contributed by atoms with van der Waals surface area (Å²) in [5.41, 5.74) is 6.62. The summed E-state index contributed by atoms with van der Waals surface area (Å²) in [7, 11) is 0. The van der Waals surface area contributed by atoms with Crippen molar-refractivity contribution in [1.82, 2.24) is 9.78 Å². The lowest BCUT2D eigenvalue weighted by molar-refractivity contribution is 0.0775. The zero-order valence-electron chi connectivity index (χ0n) is 10.5. The van der Waals surface area contributed by atoms with E-state index in [1.165, 1.54) is 6.42 Å². The first-order valence-electron chi connectivity index (χ1n) is 6.46. The number of carbonyl (C=O) groups excluding carboxylic acids is 1. The summed E-state index contributed by atoms with van der Waals surface area (Å²) >= 11 is 0. The summed E-state index contributed by atoms with van der Waals surface area (Å²) < 4.78 is 1.81. The van der Waals surface area contributed by atoms with Crippen LogP contribution < -0.4 is 5.73 Å². The van der Waals surface area contributed by atoms with Gasteiger partial charge in [0.05, 0.1) is 0 Å². The van der Waals surface area contributed by atoms with Gasteiger partial charge < -0.3 is 5.73 Å². The fraction of sp³-hybridized carbons (Fsp3) is 0.692. The van der Waals surface area contributed by atoms with Crippen molar-refractivity contribution in [3.05, 3.63) is 18.0 Å². The Morgan fingerprint density at radius 2 is 2.35 bits per heavy atom. The van der Waals surface area contributed by atoms with E-state index >= 15 is 0 Å². The molecule has 0 spiro atoms. The van der Waals surface area contributed by atoms with Crippen LogP contribution in [0.1, 0.15) is 49.5 Å². The highest BCUT2D eigenvalue weighted by Crippen LogP contribution is 2.43. The van der Waals surface area contributed by atoms with E-state index in [1.807, 2.05) is 10.7 Å². The highest BCUT2D eigenvalue weighted by molar-refractivity contribution is 5.95. The third-order valence-corrected chi connectivity index (χ3v) is 3.82. The van der Waals surface area contributed by atoms with Gasteiger partial charge in [0.2, 0.25) is 0 Å². The van der Waals surface area contributed by atoms with Gasteiger partial charge in [-0.1, -0.05) is 13.3 Å². The molecule has 0 atom stereocenters. The molecule has 2 rings (SSSR count). The van der Waals surface area contributed by atoms with Crippen molar-refractivity contribution < 1.29 is 4.79 Å². The number of Topliss-reactive ketones (excluding diaryl/α,β-unsaturated/α-hetero) is 1. The molecule has 1 aromatic heterocycles. The van der Waals surface area contributed by atoms with Crippen LogP contribution in [0.25, 0.3) is 0 Å². The Hall–Kier alpha value is -1.16. The standard InChI is InChI=1S/C13H21N3O/c1-2-8-16-11(4-7-15-16)12(17)9-13(10-14)5-3-6-13/h4,7H,2-3,5-6,8-10,14H2,1H3. The largest absolute Gasteiger partial charge is 0.330 e. The number of rotatable bonds is 6. The number of aryl methyl sites for hydroxylation is 1. The first-order chi connectivity index (χ1) is 8.21. The summed E-state index contributed by atoms with van der Waals surface area (Å²) in [4.78, 5) is 12.3. The van der Waals surface area contributed by atoms with Crippen molar-refractivity contribution in [2.45, 2.75) is 45.6 Å². The predicted octanol–water partition coefficient (Wildman–Crippen LogP) is 1.99. The minimum atomic E-state index is 0.0817. The number of hydrogen-bond acceptors (Lipinski definition) is 3. The minimum absolute atomic E-state index is 0.0817. The summed E-state index contributed by atoms with van der Waals surface area (Å²) in [5.74, 6) is 0.195. The fourth-order valence-corrected chi connectivity index (χ4v) is 2.52. The van der Waals surface area contributed by atoms with E-state index in [0.29, 0.717) is 13.0 Å². The van der Waals surface area contributed by atoms with Crippen molar-refractivity contribution in [3.8, 4) is 0 Å². The normalized spacial score (nSPS) is 17.8. The number of hydrogen-bond donors (Lipinski definition) is 1. The molecule has 0 saturated heterocycles. The molecular formula is C13H21N3O. The second kappa shape index (κ2) is 5.00. The molecule has 1 heterocycles. The van der Waals surface area contributed by atoms with Gasteiger partial charge in [0, 0.05) is 19.2 Å². The first kappa shape index (κ1) is 12.3. The van der Waals surface area contributed by atoms with Gasteiger partial charge in [-0.05, 0) is 37.3 Å². The second-order valence-electron chi connectivity index (χ2n) is 5.10. The molecule has 1 aliphatic rings. The molecule has 1 saturated carbocycles. The molecule has 1 aromatic rings. The van der Waals surface area contributed by atoms with Crippen LogP contribution >= 0.6 is 0 Å². The maximum atomic E-state index is 12.3. The molecule has 4 heteroatoms. The van der Waals surface area contributed by atoms with Crippen molar-refractivity contribution in [1.29, 1.82) is 0 Å². The number of ketones is 1. The summed E-state index contributed by atoms with van der Waals surface area (Å²) in [6.45, 7) is 3.52. The van der Waals surface area contributed by atoms with E-state index in [2.05, 4.69) is 12.0 Å². The number of nitrogens with zero attached hydrogens (tertiary/aromatic N) is 2. The van der Waals surface area contributed by atoms with Gasteiger partial charge in [-0.25, -0.2) is 0 Å². The quantitative estimate of drug-likeness (QED) is 0.767. The molecule has 17 heavy (non-hydrogen) atoms. The molecule has 1 aliphatic carbocycles. The Kier molecular flexibility index (Phi) is 3.62. The predicted molar refractivity (Wildman–Crippen MR) is 66.8 cm³/mol. The average molecular weight is 235 g/mol. The van der Waals surface area contributed by atoms with Crippen LogP contribution in [0, 0.1) is 5.41 Å². The maximum absolute atomic E-state index is 12.3. The molecule has 0 aliphatic heterocycles. The zero-order chi connectivity index (χ0) is 12.3. The van der Waals surface area contributed by atoms with Gasteiger partial charge in [0.25, 0.3) is 0 Å². The average Bonchev–Trinajstić information content (AvgIpc) is 2.72. The van der Waals surface area contributed by atoms with Crippen LogP contribution in [0.4, 0.5) is 0 Å². The van der Waals surface area contributed by atoms with Crippen LogP contribution in [-0.2, 0) is 6.54 Å². The van der Waals surface area contributed by atoms with Gasteiger partial charge in [-0.15, -0.1) is 0 Å². The van der Waals surface area contributed by atoms with Crippen molar-refractivity contribution in [2.24, 2.45) is 11.1 Å². The Balaban J connectivity index is 2.06. The fourth-order valence-electron chi connectivity index (χ4n) is 2.52. The molecule has 0 aromatic carbocycles. The van der Waals surface area contributed by atoms with Gasteiger partial charge in [0.1, 0.15) is 5.69 Å². The summed E-state index contributed by atoms with van der Waals surface area (Å²) in [5, 5.41) is 4.19. The Labute approximate surface area is 102 Å². The third kappa shape index (κ3) is 2.41. The van der Waals surface area contributed by atoms with Crippen LogP contribution in [0.3, 0.4) is 0 Å². The molecule has 0 bridgehead atoms. The van der Waals surface area contributed by atoms with E-state index in [-0.39, 0.29) is 11.2 Å². The lowest BCUT2D eigenvalue weighted by atomic mass is 9.66. The molecule has 0 unspecified atom stereocenters. The number of carbonyl (C=O) groups is 1. The van der Waals surface area contributed by atoms with E-state index in [9.17, 15) is 4.79 Å². The second-order valence-corrected chi connectivity index (χ2v) is 5.10. The van der Waals surface area contributed by atoms with E-state index in [0.717, 1.165) is 31.5 Å². The van der Waals surface area contributed by atoms with Gasteiger partial charge in [-0.3, -0.25) is 9.48 Å². The van der Waals surface area contributed by atoms with Crippen molar-refractivity contribution >= 4 is 5.78 Å². The minimum Gasteiger partial charge on any atom is -0.330 e. The Bertz CT molecular complexity index is 388. The number of aromatic nitrogens is 2. The molecule has 0 radical (unpaired) electrons. The summed E-state index contributed by atoms with van der Waals surface area (Å²) in [6.07, 6.45) is 6.68. The lowest BCUT2D eigenvalue weighted by Crippen LogP contribution is -2.39. The van der Waals surface area contributed by atoms with E-state index in [4.69, 9.17) is 5.73 Å². The molecule has 0 amide bonds. The Morgan fingerprint density at radius 1 is 1.59 bits per heavy atom. The molecule has 2 N–H and O–H groups in total. The highest BCUT2D eigenvalue weighted by atomic mass is 16.1. The Morgan fingerprint density at radius 3 is 2.88 bits per heavy atom. The van der Waals surface area contributed by atoms with Crippen LogP contribution in [0.2, 0.25) is 0 Å². The van der Waals surface area contributed by atoms with Gasteiger partial charge >= 0.3 is 0 Å². The molecule has 94 valence electrons. The maximum Gasteiger partial charge on any atom is 0.181 e. The highest BCUT2D eigenvalue weighted by Gasteiger charge is 2.38. The van der Waals surface area contributed by atoms with Gasteiger partial charge in [0.15, 0.2) is 5.78 Å². The van der Waals surface area contributed by atoms with Crippen molar-refractivity contribution in [3.63, 3.8) is 0 Å². The SMILES string of the molecule is CCCn1nccc1C(=O)CC1(CN)CCC1. The summed E-state index contributed by atoms with van der Waals surface area (Å²) in [6, 6.07) is 1.82. The van der Waals surface area contributed by atoms with Crippen LogP contribution in [-0.4, -0.2) is 22.1 Å². The smallest absolute Gasteiger partial charge is 0.181 e. The van der Waals surface area contributed by atoms with Crippen LogP contribution in [0.15, 0.2) is 12.3 Å². The van der Waals surface area contributed by atoms with Crippen LogP contribution in [0.5, 0.6) is 0 Å². The lowest BCUT2D eigenvalue weighted by Gasteiger charge is -2.40. The molecule has 4 nitrogen and oxygen atoms in total. The van der Waals surface area contributed by atoms with E-state index < -0.39 is 0 Å². The number of nitrogens with two attached hydrogens (primary N) is 1. The van der Waals surface area contributed by atoms with Gasteiger partial charge in [-0.2, -0.15) is 5.10 Å². The third-order valence-electron chi connectivity index (χ3n) is 3.82. The first-order valence-corrected chi connectivity index (χ1v) is 6.46. The zero-order valence-corrected chi connectivity index (χ0v) is 10.5. The van der Waals surface area contributed by atoms with E-state index in [1.54, 1.807) is 6.20 Å².